The fourth-order valence-electron chi connectivity index (χ4n) is 3.66. The van der Waals surface area contributed by atoms with Crippen molar-refractivity contribution in [1.82, 2.24) is 18.7 Å². The van der Waals surface area contributed by atoms with E-state index >= 15 is 0 Å². The minimum atomic E-state index is -0.368. The van der Waals surface area contributed by atoms with E-state index in [1.807, 2.05) is 38.1 Å². The van der Waals surface area contributed by atoms with Crippen LogP contribution in [0.15, 0.2) is 27.8 Å². The molecule has 2 heterocycles. The van der Waals surface area contributed by atoms with Crippen molar-refractivity contribution >= 4 is 23.3 Å². The van der Waals surface area contributed by atoms with Crippen molar-refractivity contribution in [1.29, 1.82) is 0 Å². The van der Waals surface area contributed by atoms with Gasteiger partial charge in [-0.05, 0) is 36.6 Å². The zero-order chi connectivity index (χ0) is 23.3. The van der Waals surface area contributed by atoms with Crippen molar-refractivity contribution in [2.45, 2.75) is 46.3 Å². The van der Waals surface area contributed by atoms with E-state index < -0.39 is 0 Å². The first-order chi connectivity index (χ1) is 15.5. The number of terminal acetylenes is 1. The number of ether oxygens (including phenoxy) is 2. The topological polar surface area (TPSA) is 80.3 Å². The second-order valence-electron chi connectivity index (χ2n) is 7.27. The summed E-state index contributed by atoms with van der Waals surface area (Å²) in [6, 6.07) is 5.53. The maximum Gasteiger partial charge on any atom is 0.332 e. The molecule has 0 saturated heterocycles. The minimum absolute atomic E-state index is 0.161. The van der Waals surface area contributed by atoms with Gasteiger partial charge in [0.2, 0.25) is 0 Å². The quantitative estimate of drug-likeness (QED) is 0.482. The van der Waals surface area contributed by atoms with E-state index in [2.05, 4.69) is 10.9 Å². The summed E-state index contributed by atoms with van der Waals surface area (Å²) < 4.78 is 15.2. The van der Waals surface area contributed by atoms with Crippen LogP contribution in [0.5, 0.6) is 11.5 Å². The molecule has 3 aromatic rings. The summed E-state index contributed by atoms with van der Waals surface area (Å²) in [6.07, 6.45) is 10.6. The maximum atomic E-state index is 13.2. The van der Waals surface area contributed by atoms with Gasteiger partial charge in [-0.25, -0.2) is 9.78 Å². The van der Waals surface area contributed by atoms with Crippen LogP contribution in [0.1, 0.15) is 38.1 Å². The third-order valence-corrected chi connectivity index (χ3v) is 5.12. The summed E-state index contributed by atoms with van der Waals surface area (Å²) in [5, 5.41) is 0. The van der Waals surface area contributed by atoms with Gasteiger partial charge in [0.25, 0.3) is 5.56 Å². The Labute approximate surface area is 186 Å². The molecular weight excluding hydrogens is 408 g/mol. The van der Waals surface area contributed by atoms with Gasteiger partial charge in [-0.3, -0.25) is 13.9 Å². The van der Waals surface area contributed by atoms with Gasteiger partial charge in [-0.2, -0.15) is 0 Å². The molecule has 0 aliphatic carbocycles. The molecule has 0 bridgehead atoms. The van der Waals surface area contributed by atoms with Crippen molar-refractivity contribution in [3.05, 3.63) is 50.4 Å². The van der Waals surface area contributed by atoms with E-state index in [0.717, 1.165) is 12.0 Å². The second-order valence-corrected chi connectivity index (χ2v) is 7.27. The Kier molecular flexibility index (Phi) is 7.21. The molecule has 2 aromatic heterocycles. The molecule has 0 amide bonds. The monoisotopic (exact) mass is 436 g/mol. The van der Waals surface area contributed by atoms with Crippen LogP contribution >= 0.6 is 0 Å². The number of hydrogen-bond donors (Lipinski definition) is 0. The van der Waals surface area contributed by atoms with Gasteiger partial charge in [-0.15, -0.1) is 6.42 Å². The van der Waals surface area contributed by atoms with Crippen molar-refractivity contribution in [3.63, 3.8) is 0 Å². The molecule has 1 aromatic carbocycles. The molecule has 0 atom stereocenters. The molecule has 0 spiro atoms. The molecule has 168 valence electrons. The van der Waals surface area contributed by atoms with Gasteiger partial charge < -0.3 is 14.0 Å². The number of aromatic nitrogens is 4. The van der Waals surface area contributed by atoms with Gasteiger partial charge in [0.1, 0.15) is 5.82 Å². The summed E-state index contributed by atoms with van der Waals surface area (Å²) in [4.78, 5) is 30.8. The molecule has 0 radical (unpaired) electrons. The molecule has 0 unspecified atom stereocenters. The minimum Gasteiger partial charge on any atom is -0.493 e. The molecule has 8 heteroatoms. The fraction of sp³-hybridized carbons (Fsp3) is 0.375. The van der Waals surface area contributed by atoms with Crippen LogP contribution in [0, 0.1) is 12.3 Å². The predicted molar refractivity (Wildman–Crippen MR) is 126 cm³/mol. The van der Waals surface area contributed by atoms with Crippen molar-refractivity contribution in [3.8, 4) is 23.8 Å². The Morgan fingerprint density at radius 1 is 1.00 bits per heavy atom. The van der Waals surface area contributed by atoms with E-state index in [1.54, 1.807) is 29.4 Å². The van der Waals surface area contributed by atoms with Gasteiger partial charge in [0.15, 0.2) is 22.7 Å². The van der Waals surface area contributed by atoms with Crippen molar-refractivity contribution in [2.24, 2.45) is 0 Å². The first-order valence-electron chi connectivity index (χ1n) is 10.6. The maximum absolute atomic E-state index is 13.2. The molecular formula is C24H28N4O4. The van der Waals surface area contributed by atoms with Crippen LogP contribution in [-0.4, -0.2) is 32.9 Å². The molecule has 3 rings (SSSR count). The molecule has 0 fully saturated rings. The summed E-state index contributed by atoms with van der Waals surface area (Å²) in [7, 11) is 3.16. The van der Waals surface area contributed by atoms with Crippen LogP contribution in [0.2, 0.25) is 0 Å². The number of benzene rings is 1. The molecule has 8 nitrogen and oxygen atoms in total. The van der Waals surface area contributed by atoms with Gasteiger partial charge in [0, 0.05) is 13.1 Å². The predicted octanol–water partition coefficient (Wildman–Crippen LogP) is 3.00. The Morgan fingerprint density at radius 2 is 1.69 bits per heavy atom. The van der Waals surface area contributed by atoms with E-state index in [4.69, 9.17) is 15.9 Å². The molecule has 0 N–H and O–H groups in total. The zero-order valence-electron chi connectivity index (χ0n) is 18.9. The van der Waals surface area contributed by atoms with Crippen LogP contribution in [0.3, 0.4) is 0 Å². The van der Waals surface area contributed by atoms with Gasteiger partial charge >= 0.3 is 5.69 Å². The number of methoxy groups -OCH3 is 2. The molecule has 0 saturated carbocycles. The third-order valence-electron chi connectivity index (χ3n) is 5.12. The fourth-order valence-corrected chi connectivity index (χ4v) is 3.66. The number of aryl methyl sites for hydroxylation is 1. The highest BCUT2D eigenvalue weighted by Gasteiger charge is 2.20. The van der Waals surface area contributed by atoms with E-state index in [9.17, 15) is 9.59 Å². The summed E-state index contributed by atoms with van der Waals surface area (Å²) in [6.45, 7) is 4.87. The van der Waals surface area contributed by atoms with Crippen LogP contribution in [-0.2, 0) is 19.6 Å². The number of hydrogen-bond acceptors (Lipinski definition) is 5. The van der Waals surface area contributed by atoms with Gasteiger partial charge in [-0.1, -0.05) is 31.9 Å². The van der Waals surface area contributed by atoms with Crippen LogP contribution in [0.4, 0.5) is 0 Å². The molecule has 32 heavy (non-hydrogen) atoms. The Bertz CT molecular complexity index is 1300. The lowest BCUT2D eigenvalue weighted by Crippen LogP contribution is -2.40. The van der Waals surface area contributed by atoms with Crippen LogP contribution in [0.25, 0.3) is 23.3 Å². The van der Waals surface area contributed by atoms with Gasteiger partial charge in [0.05, 0.1) is 20.8 Å². The second kappa shape index (κ2) is 10.1. The highest BCUT2D eigenvalue weighted by molar-refractivity contribution is 5.77. The molecule has 0 aliphatic rings. The summed E-state index contributed by atoms with van der Waals surface area (Å²) >= 11 is 0. The average molecular weight is 437 g/mol. The first-order valence-corrected chi connectivity index (χ1v) is 10.6. The summed E-state index contributed by atoms with van der Waals surface area (Å²) in [5.41, 5.74) is 0.851. The Hall–Kier alpha value is -3.73. The highest BCUT2D eigenvalue weighted by Crippen LogP contribution is 2.28. The third kappa shape index (κ3) is 4.19. The zero-order valence-corrected chi connectivity index (χ0v) is 18.9. The SMILES string of the molecule is C#CCn1c(/C=C/c2ccc(OC)c(OC)c2)nc2c1c(=O)n(CCC)c(=O)n2CCC. The standard InChI is InChI=1S/C24H28N4O4/c1-6-13-26-20(12-10-17-9-11-18(31-4)19(16-17)32-5)25-22-21(26)23(29)28(15-8-3)24(30)27(22)14-7-2/h1,9-12,16H,7-8,13-15H2,2-5H3/b12-10+. The highest BCUT2D eigenvalue weighted by atomic mass is 16.5. The largest absolute Gasteiger partial charge is 0.493 e. The van der Waals surface area contributed by atoms with E-state index in [0.29, 0.717) is 48.0 Å². The van der Waals surface area contributed by atoms with Crippen molar-refractivity contribution < 1.29 is 9.47 Å². The average Bonchev–Trinajstić information content (AvgIpc) is 3.16. The summed E-state index contributed by atoms with van der Waals surface area (Å²) in [5.74, 6) is 4.33. The lowest BCUT2D eigenvalue weighted by Gasteiger charge is -2.10. The molecule has 0 aliphatic heterocycles. The van der Waals surface area contributed by atoms with E-state index in [1.165, 1.54) is 4.57 Å². The van der Waals surface area contributed by atoms with Crippen molar-refractivity contribution in [2.75, 3.05) is 14.2 Å². The lowest BCUT2D eigenvalue weighted by atomic mass is 10.2. The number of nitrogens with zero attached hydrogens (tertiary/aromatic N) is 4. The Morgan fingerprint density at radius 3 is 2.31 bits per heavy atom. The first kappa shape index (κ1) is 22.9. The normalized spacial score (nSPS) is 11.2. The number of rotatable bonds is 9. The number of imidazole rings is 1. The number of fused-ring (bicyclic) bond motifs is 1. The lowest BCUT2D eigenvalue weighted by molar-refractivity contribution is 0.355. The van der Waals surface area contributed by atoms with E-state index in [-0.39, 0.29) is 17.8 Å². The smallest absolute Gasteiger partial charge is 0.332 e. The van der Waals surface area contributed by atoms with Crippen LogP contribution < -0.4 is 20.7 Å². The Balaban J connectivity index is 2.23.